The van der Waals surface area contributed by atoms with Gasteiger partial charge in [-0.05, 0) is 11.6 Å². The summed E-state index contributed by atoms with van der Waals surface area (Å²) < 4.78 is 12.5. The summed E-state index contributed by atoms with van der Waals surface area (Å²) in [6.45, 7) is 2.20. The van der Waals surface area contributed by atoms with Crippen molar-refractivity contribution in [3.63, 3.8) is 0 Å². The van der Waals surface area contributed by atoms with Crippen molar-refractivity contribution in [2.45, 2.75) is 6.54 Å². The molecule has 0 aliphatic carbocycles. The molecule has 0 saturated carbocycles. The molecule has 0 unspecified atom stereocenters. The van der Waals surface area contributed by atoms with E-state index in [4.69, 9.17) is 5.73 Å². The Labute approximate surface area is 81.3 Å². The van der Waals surface area contributed by atoms with E-state index in [0.717, 1.165) is 18.7 Å². The quantitative estimate of drug-likeness (QED) is 0.691. The molecular formula is C9H11FN4. The van der Waals surface area contributed by atoms with Gasteiger partial charge in [0.15, 0.2) is 5.96 Å². The lowest BCUT2D eigenvalue weighted by atomic mass is 10.2. The molecule has 0 atom stereocenters. The van der Waals surface area contributed by atoms with Crippen LogP contribution in [0.4, 0.5) is 4.39 Å². The molecule has 1 aliphatic heterocycles. The standard InChI is InChI=1S/C9H11FN4/c10-8-2-1-7(5-13-8)6-14-4-3-12-9(14)11/h1-2,5H,3-4,6H2,(H2,11,12). The Balaban J connectivity index is 2.04. The molecule has 14 heavy (non-hydrogen) atoms. The molecule has 0 saturated heterocycles. The first-order valence-electron chi connectivity index (χ1n) is 4.41. The molecule has 0 radical (unpaired) electrons. The van der Waals surface area contributed by atoms with Gasteiger partial charge in [0.2, 0.25) is 5.95 Å². The number of guanidine groups is 1. The smallest absolute Gasteiger partial charge is 0.212 e. The third-order valence-corrected chi connectivity index (χ3v) is 2.13. The minimum Gasteiger partial charge on any atom is -0.370 e. The fraction of sp³-hybridized carbons (Fsp3) is 0.333. The Kier molecular flexibility index (Phi) is 2.30. The van der Waals surface area contributed by atoms with Gasteiger partial charge < -0.3 is 10.6 Å². The van der Waals surface area contributed by atoms with Crippen molar-refractivity contribution in [2.75, 3.05) is 13.1 Å². The van der Waals surface area contributed by atoms with Crippen molar-refractivity contribution < 1.29 is 4.39 Å². The van der Waals surface area contributed by atoms with Crippen LogP contribution in [-0.4, -0.2) is 28.9 Å². The van der Waals surface area contributed by atoms with Gasteiger partial charge in [-0.25, -0.2) is 4.98 Å². The third-order valence-electron chi connectivity index (χ3n) is 2.13. The first-order valence-corrected chi connectivity index (χ1v) is 4.41. The van der Waals surface area contributed by atoms with Gasteiger partial charge >= 0.3 is 0 Å². The van der Waals surface area contributed by atoms with E-state index in [1.807, 2.05) is 4.90 Å². The second-order valence-corrected chi connectivity index (χ2v) is 3.15. The van der Waals surface area contributed by atoms with Crippen LogP contribution in [0.3, 0.4) is 0 Å². The lowest BCUT2D eigenvalue weighted by Gasteiger charge is -2.16. The summed E-state index contributed by atoms with van der Waals surface area (Å²) >= 11 is 0. The normalized spacial score (nSPS) is 15.8. The van der Waals surface area contributed by atoms with Crippen molar-refractivity contribution in [3.8, 4) is 0 Å². The molecule has 0 bridgehead atoms. The second kappa shape index (κ2) is 3.61. The van der Waals surface area contributed by atoms with E-state index in [0.29, 0.717) is 12.5 Å². The summed E-state index contributed by atoms with van der Waals surface area (Å²) in [6, 6.07) is 3.05. The van der Waals surface area contributed by atoms with E-state index >= 15 is 0 Å². The van der Waals surface area contributed by atoms with Gasteiger partial charge in [0.1, 0.15) is 0 Å². The molecule has 0 amide bonds. The summed E-state index contributed by atoms with van der Waals surface area (Å²) in [6.07, 6.45) is 1.51. The molecule has 1 aliphatic rings. The summed E-state index contributed by atoms with van der Waals surface area (Å²) in [5, 5.41) is 0. The van der Waals surface area contributed by atoms with Crippen molar-refractivity contribution in [3.05, 3.63) is 29.8 Å². The van der Waals surface area contributed by atoms with E-state index in [1.165, 1.54) is 12.3 Å². The zero-order valence-corrected chi connectivity index (χ0v) is 7.65. The van der Waals surface area contributed by atoms with Crippen molar-refractivity contribution in [1.29, 1.82) is 0 Å². The van der Waals surface area contributed by atoms with Crippen LogP contribution >= 0.6 is 0 Å². The number of hydrogen-bond acceptors (Lipinski definition) is 4. The highest BCUT2D eigenvalue weighted by Gasteiger charge is 2.13. The van der Waals surface area contributed by atoms with Gasteiger partial charge in [0.25, 0.3) is 0 Å². The molecule has 4 nitrogen and oxygen atoms in total. The van der Waals surface area contributed by atoms with Crippen LogP contribution < -0.4 is 5.73 Å². The van der Waals surface area contributed by atoms with E-state index in [2.05, 4.69) is 9.98 Å². The molecule has 5 heteroatoms. The predicted molar refractivity (Wildman–Crippen MR) is 51.1 cm³/mol. The Morgan fingerprint density at radius 3 is 2.93 bits per heavy atom. The monoisotopic (exact) mass is 194 g/mol. The molecule has 74 valence electrons. The van der Waals surface area contributed by atoms with Gasteiger partial charge in [0.05, 0.1) is 6.54 Å². The Morgan fingerprint density at radius 2 is 2.36 bits per heavy atom. The highest BCUT2D eigenvalue weighted by Crippen LogP contribution is 2.06. The van der Waals surface area contributed by atoms with E-state index in [9.17, 15) is 4.39 Å². The minimum atomic E-state index is -0.461. The highest BCUT2D eigenvalue weighted by molar-refractivity contribution is 5.79. The number of aliphatic imine (C=N–C) groups is 1. The highest BCUT2D eigenvalue weighted by atomic mass is 19.1. The maximum Gasteiger partial charge on any atom is 0.212 e. The number of halogens is 1. The van der Waals surface area contributed by atoms with Gasteiger partial charge in [-0.15, -0.1) is 0 Å². The summed E-state index contributed by atoms with van der Waals surface area (Å²) in [5.41, 5.74) is 6.57. The lowest BCUT2D eigenvalue weighted by molar-refractivity contribution is 0.446. The number of nitrogens with two attached hydrogens (primary N) is 1. The lowest BCUT2D eigenvalue weighted by Crippen LogP contribution is -2.33. The van der Waals surface area contributed by atoms with Crippen molar-refractivity contribution in [2.24, 2.45) is 10.7 Å². The fourth-order valence-electron chi connectivity index (χ4n) is 1.38. The Morgan fingerprint density at radius 1 is 1.50 bits per heavy atom. The first kappa shape index (κ1) is 8.93. The van der Waals surface area contributed by atoms with Gasteiger partial charge in [-0.2, -0.15) is 4.39 Å². The summed E-state index contributed by atoms with van der Waals surface area (Å²) in [5.74, 6) is 0.0890. The van der Waals surface area contributed by atoms with Crippen LogP contribution in [0.1, 0.15) is 5.56 Å². The molecule has 0 spiro atoms. The molecule has 0 fully saturated rings. The molecule has 1 aromatic rings. The van der Waals surface area contributed by atoms with Crippen LogP contribution in [-0.2, 0) is 6.54 Å². The van der Waals surface area contributed by atoms with Crippen LogP contribution in [0.5, 0.6) is 0 Å². The van der Waals surface area contributed by atoms with Crippen LogP contribution in [0.25, 0.3) is 0 Å². The molecule has 0 aromatic carbocycles. The summed E-state index contributed by atoms with van der Waals surface area (Å²) in [7, 11) is 0. The van der Waals surface area contributed by atoms with Gasteiger partial charge in [0, 0.05) is 19.3 Å². The minimum absolute atomic E-state index is 0.461. The predicted octanol–water partition coefficient (Wildman–Crippen LogP) is 0.351. The fourth-order valence-corrected chi connectivity index (χ4v) is 1.38. The van der Waals surface area contributed by atoms with Crippen LogP contribution in [0, 0.1) is 5.95 Å². The number of nitrogens with zero attached hydrogens (tertiary/aromatic N) is 3. The average Bonchev–Trinajstić information content (AvgIpc) is 2.56. The van der Waals surface area contributed by atoms with Crippen LogP contribution in [0.15, 0.2) is 23.3 Å². The number of hydrogen-bond donors (Lipinski definition) is 1. The Bertz CT molecular complexity index is 346. The van der Waals surface area contributed by atoms with Crippen molar-refractivity contribution >= 4 is 5.96 Å². The zero-order chi connectivity index (χ0) is 9.97. The van der Waals surface area contributed by atoms with E-state index in [-0.39, 0.29) is 0 Å². The Hall–Kier alpha value is -1.65. The maximum atomic E-state index is 12.5. The maximum absolute atomic E-state index is 12.5. The number of aromatic nitrogens is 1. The van der Waals surface area contributed by atoms with Crippen molar-refractivity contribution in [1.82, 2.24) is 9.88 Å². The SMILES string of the molecule is NC1=NCCN1Cc1ccc(F)nc1. The topological polar surface area (TPSA) is 54.5 Å². The zero-order valence-electron chi connectivity index (χ0n) is 7.65. The average molecular weight is 194 g/mol. The second-order valence-electron chi connectivity index (χ2n) is 3.15. The summed E-state index contributed by atoms with van der Waals surface area (Å²) in [4.78, 5) is 9.57. The molecular weight excluding hydrogens is 183 g/mol. The largest absolute Gasteiger partial charge is 0.370 e. The molecule has 1 aromatic heterocycles. The number of pyridine rings is 1. The van der Waals surface area contributed by atoms with Gasteiger partial charge in [-0.1, -0.05) is 6.07 Å². The van der Waals surface area contributed by atoms with E-state index in [1.54, 1.807) is 6.07 Å². The molecule has 2 N–H and O–H groups in total. The third kappa shape index (κ3) is 1.81. The molecule has 2 heterocycles. The van der Waals surface area contributed by atoms with Crippen LogP contribution in [0.2, 0.25) is 0 Å². The first-order chi connectivity index (χ1) is 6.75. The van der Waals surface area contributed by atoms with E-state index < -0.39 is 5.95 Å². The number of rotatable bonds is 2. The van der Waals surface area contributed by atoms with Gasteiger partial charge in [-0.3, -0.25) is 4.99 Å². The molecule has 2 rings (SSSR count).